The molecule has 2 aliphatic rings. The van der Waals surface area contributed by atoms with Crippen molar-refractivity contribution in [1.29, 1.82) is 0 Å². The lowest BCUT2D eigenvalue weighted by molar-refractivity contribution is -0.123. The molecule has 2 heterocycles. The van der Waals surface area contributed by atoms with Crippen LogP contribution >= 0.6 is 11.8 Å². The minimum Gasteiger partial charge on any atom is -0.383 e. The molecule has 0 radical (unpaired) electrons. The summed E-state index contributed by atoms with van der Waals surface area (Å²) in [6.07, 6.45) is 0. The molecule has 158 valence electrons. The Kier molecular flexibility index (Phi) is 5.75. The van der Waals surface area contributed by atoms with E-state index < -0.39 is 4.87 Å². The number of thioether (sulfide) groups is 1. The van der Waals surface area contributed by atoms with Crippen molar-refractivity contribution in [2.24, 2.45) is 0 Å². The molecule has 1 spiro atoms. The average Bonchev–Trinajstić information content (AvgIpc) is 3.29. The van der Waals surface area contributed by atoms with Gasteiger partial charge in [0.15, 0.2) is 4.87 Å². The van der Waals surface area contributed by atoms with E-state index in [2.05, 4.69) is 19.2 Å². The van der Waals surface area contributed by atoms with Gasteiger partial charge in [0.25, 0.3) is 5.91 Å². The molecule has 30 heavy (non-hydrogen) atoms. The molecule has 7 heteroatoms. The Labute approximate surface area is 181 Å². The highest BCUT2D eigenvalue weighted by atomic mass is 32.2. The predicted molar refractivity (Wildman–Crippen MR) is 121 cm³/mol. The number of rotatable bonds is 5. The van der Waals surface area contributed by atoms with E-state index in [0.717, 1.165) is 16.9 Å². The number of anilines is 2. The molecular weight excluding hydrogens is 398 g/mol. The summed E-state index contributed by atoms with van der Waals surface area (Å²) < 4.78 is 5.20. The van der Waals surface area contributed by atoms with Gasteiger partial charge in [-0.05, 0) is 29.7 Å². The Morgan fingerprint density at radius 1 is 1.20 bits per heavy atom. The molecule has 3 amide bonds. The lowest BCUT2D eigenvalue weighted by atomic mass is 10.0. The molecule has 1 atom stereocenters. The molecule has 0 bridgehead atoms. The highest BCUT2D eigenvalue weighted by Crippen LogP contribution is 2.54. The van der Waals surface area contributed by atoms with Crippen LogP contribution in [-0.2, 0) is 14.4 Å². The zero-order valence-corrected chi connectivity index (χ0v) is 18.4. The van der Waals surface area contributed by atoms with Crippen molar-refractivity contribution in [2.45, 2.75) is 24.6 Å². The monoisotopic (exact) mass is 425 g/mol. The zero-order valence-electron chi connectivity index (χ0n) is 17.6. The van der Waals surface area contributed by atoms with Crippen molar-refractivity contribution in [1.82, 2.24) is 4.90 Å². The molecule has 0 saturated carbocycles. The maximum absolute atomic E-state index is 13.6. The second-order valence-electron chi connectivity index (χ2n) is 7.82. The fourth-order valence-electron chi connectivity index (χ4n) is 4.11. The predicted octanol–water partition coefficient (Wildman–Crippen LogP) is 4.24. The average molecular weight is 426 g/mol. The SMILES string of the molecule is COCCN1C(=O)[C@@]2(SCCN2C(=O)Nc2ccc(C(C)C)cc2)c2ccccc21. The number of fused-ring (bicyclic) bond motifs is 2. The van der Waals surface area contributed by atoms with Gasteiger partial charge in [0.05, 0.1) is 12.3 Å². The molecule has 2 aromatic carbocycles. The summed E-state index contributed by atoms with van der Waals surface area (Å²) in [6, 6.07) is 15.4. The first-order valence-electron chi connectivity index (χ1n) is 10.2. The molecule has 0 aliphatic carbocycles. The number of methoxy groups -OCH3 is 1. The van der Waals surface area contributed by atoms with Crippen LogP contribution in [0.25, 0.3) is 0 Å². The Bertz CT molecular complexity index is 947. The lowest BCUT2D eigenvalue weighted by Crippen LogP contribution is -2.52. The van der Waals surface area contributed by atoms with E-state index in [4.69, 9.17) is 4.74 Å². The van der Waals surface area contributed by atoms with Gasteiger partial charge in [-0.1, -0.05) is 44.2 Å². The molecule has 2 aliphatic heterocycles. The van der Waals surface area contributed by atoms with E-state index in [-0.39, 0.29) is 11.9 Å². The lowest BCUT2D eigenvalue weighted by Gasteiger charge is -2.33. The smallest absolute Gasteiger partial charge is 0.323 e. The summed E-state index contributed by atoms with van der Waals surface area (Å²) in [5.41, 5.74) is 3.67. The number of urea groups is 1. The molecular formula is C23H27N3O3S. The molecule has 2 aromatic rings. The minimum atomic E-state index is -1.02. The third kappa shape index (κ3) is 3.36. The molecule has 6 nitrogen and oxygen atoms in total. The fraction of sp³-hybridized carbons (Fsp3) is 0.391. The topological polar surface area (TPSA) is 61.9 Å². The van der Waals surface area contributed by atoms with Crippen LogP contribution in [0, 0.1) is 0 Å². The minimum absolute atomic E-state index is 0.0754. The van der Waals surface area contributed by atoms with Gasteiger partial charge in [-0.2, -0.15) is 0 Å². The van der Waals surface area contributed by atoms with Crippen molar-refractivity contribution >= 4 is 35.1 Å². The summed E-state index contributed by atoms with van der Waals surface area (Å²) in [5.74, 6) is 1.06. The first-order valence-corrected chi connectivity index (χ1v) is 11.2. The third-order valence-electron chi connectivity index (χ3n) is 5.69. The standard InChI is InChI=1S/C23H27N3O3S/c1-16(2)17-8-10-18(11-9-17)24-22(28)26-13-15-30-23(26)19-6-4-5-7-20(19)25(21(23)27)12-14-29-3/h4-11,16H,12-15H2,1-3H3,(H,24,28)/t23-/m0/s1. The van der Waals surface area contributed by atoms with Crippen LogP contribution in [-0.4, -0.2) is 49.4 Å². The van der Waals surface area contributed by atoms with Gasteiger partial charge in [0.1, 0.15) is 0 Å². The van der Waals surface area contributed by atoms with Crippen molar-refractivity contribution in [3.63, 3.8) is 0 Å². The zero-order chi connectivity index (χ0) is 21.3. The summed E-state index contributed by atoms with van der Waals surface area (Å²) >= 11 is 1.53. The second kappa shape index (κ2) is 8.32. The van der Waals surface area contributed by atoms with Gasteiger partial charge >= 0.3 is 6.03 Å². The van der Waals surface area contributed by atoms with Gasteiger partial charge < -0.3 is 15.0 Å². The van der Waals surface area contributed by atoms with Crippen LogP contribution in [0.2, 0.25) is 0 Å². The van der Waals surface area contributed by atoms with E-state index in [1.54, 1.807) is 16.9 Å². The van der Waals surface area contributed by atoms with E-state index >= 15 is 0 Å². The van der Waals surface area contributed by atoms with E-state index in [1.165, 1.54) is 17.3 Å². The van der Waals surface area contributed by atoms with Crippen molar-refractivity contribution < 1.29 is 14.3 Å². The molecule has 4 rings (SSSR count). The van der Waals surface area contributed by atoms with E-state index in [0.29, 0.717) is 31.4 Å². The number of nitrogens with one attached hydrogen (secondary N) is 1. The van der Waals surface area contributed by atoms with Crippen LogP contribution in [0.3, 0.4) is 0 Å². The largest absolute Gasteiger partial charge is 0.383 e. The number of hydrogen-bond acceptors (Lipinski definition) is 4. The molecule has 1 fully saturated rings. The first-order chi connectivity index (χ1) is 14.5. The van der Waals surface area contributed by atoms with Crippen LogP contribution in [0.4, 0.5) is 16.2 Å². The maximum atomic E-state index is 13.6. The second-order valence-corrected chi connectivity index (χ2v) is 9.11. The van der Waals surface area contributed by atoms with Crippen LogP contribution < -0.4 is 10.2 Å². The number of ether oxygens (including phenoxy) is 1. The molecule has 0 aromatic heterocycles. The summed E-state index contributed by atoms with van der Waals surface area (Å²) in [5, 5.41) is 2.99. The molecule has 1 N–H and O–H groups in total. The third-order valence-corrected chi connectivity index (χ3v) is 7.11. The van der Waals surface area contributed by atoms with Gasteiger partial charge in [0, 0.05) is 37.2 Å². The number of carbonyl (C=O) groups excluding carboxylic acids is 2. The summed E-state index contributed by atoms with van der Waals surface area (Å²) in [7, 11) is 1.62. The van der Waals surface area contributed by atoms with Crippen molar-refractivity contribution in [3.8, 4) is 0 Å². The van der Waals surface area contributed by atoms with Crippen LogP contribution in [0.5, 0.6) is 0 Å². The van der Waals surface area contributed by atoms with E-state index in [9.17, 15) is 9.59 Å². The molecule has 0 unspecified atom stereocenters. The van der Waals surface area contributed by atoms with Gasteiger partial charge in [-0.25, -0.2) is 4.79 Å². The normalized spacial score (nSPS) is 20.3. The number of amides is 3. The van der Waals surface area contributed by atoms with Crippen molar-refractivity contribution in [2.75, 3.05) is 42.8 Å². The quantitative estimate of drug-likeness (QED) is 0.779. The fourth-order valence-corrected chi connectivity index (χ4v) is 5.58. The Morgan fingerprint density at radius 3 is 2.63 bits per heavy atom. The van der Waals surface area contributed by atoms with E-state index in [1.807, 2.05) is 48.5 Å². The van der Waals surface area contributed by atoms with Gasteiger partial charge in [-0.15, -0.1) is 11.8 Å². The number of nitrogens with zero attached hydrogens (tertiary/aromatic N) is 2. The number of benzene rings is 2. The summed E-state index contributed by atoms with van der Waals surface area (Å²) in [4.78, 5) is 29.3. The van der Waals surface area contributed by atoms with Crippen LogP contribution in [0.1, 0.15) is 30.9 Å². The van der Waals surface area contributed by atoms with Gasteiger partial charge in [0.2, 0.25) is 0 Å². The van der Waals surface area contributed by atoms with Gasteiger partial charge in [-0.3, -0.25) is 9.69 Å². The highest BCUT2D eigenvalue weighted by Gasteiger charge is 2.59. The number of carbonyl (C=O) groups is 2. The Hall–Kier alpha value is -2.51. The molecule has 1 saturated heterocycles. The Morgan fingerprint density at radius 2 is 1.93 bits per heavy atom. The van der Waals surface area contributed by atoms with Crippen molar-refractivity contribution in [3.05, 3.63) is 59.7 Å². The maximum Gasteiger partial charge on any atom is 0.323 e. The Balaban J connectivity index is 1.63. The summed E-state index contributed by atoms with van der Waals surface area (Å²) in [6.45, 7) is 5.68. The number of para-hydroxylation sites is 1. The first kappa shape index (κ1) is 20.8. The highest BCUT2D eigenvalue weighted by molar-refractivity contribution is 8.01. The number of hydrogen-bond donors (Lipinski definition) is 1. The van der Waals surface area contributed by atoms with Crippen LogP contribution in [0.15, 0.2) is 48.5 Å².